The van der Waals surface area contributed by atoms with E-state index in [-0.39, 0.29) is 32.7 Å². The van der Waals surface area contributed by atoms with Crippen LogP contribution in [-0.4, -0.2) is 94.4 Å². The smallest absolute Gasteiger partial charge is 0.283 e. The maximum atomic E-state index is 12.8. The molecule has 2 aliphatic rings. The number of hydrogen-bond acceptors (Lipinski definition) is 11. The van der Waals surface area contributed by atoms with E-state index in [0.717, 1.165) is 11.8 Å². The second-order valence-corrected chi connectivity index (χ2v) is 11.5. The van der Waals surface area contributed by atoms with E-state index in [0.29, 0.717) is 50.4 Å². The van der Waals surface area contributed by atoms with Crippen molar-refractivity contribution in [2.45, 2.75) is 35.7 Å². The molecule has 0 saturated carbocycles. The van der Waals surface area contributed by atoms with E-state index >= 15 is 0 Å². The lowest BCUT2D eigenvalue weighted by Crippen LogP contribution is -2.56. The third-order valence-electron chi connectivity index (χ3n) is 7.41. The van der Waals surface area contributed by atoms with E-state index in [9.17, 15) is 39.4 Å². The first-order chi connectivity index (χ1) is 21.5. The lowest BCUT2D eigenvalue weighted by Gasteiger charge is -2.33. The minimum atomic E-state index is -0.609. The van der Waals surface area contributed by atoms with Crippen LogP contribution in [0, 0.1) is 20.2 Å². The summed E-state index contributed by atoms with van der Waals surface area (Å²) in [5, 5.41) is 30.0. The Morgan fingerprint density at radius 1 is 0.756 bits per heavy atom. The SMILES string of the molecule is CC(=O)C1CNCCN1C(=O)/C=C/c1ccc(Sc2ccc(/C=C/C(=O)N3CCNCC3C(C)=O)cc2[N+](=O)[O-])c([N+](=O)[O-])c1. The highest BCUT2D eigenvalue weighted by Crippen LogP contribution is 2.40. The first-order valence-electron chi connectivity index (χ1n) is 14.1. The summed E-state index contributed by atoms with van der Waals surface area (Å²) in [6, 6.07) is 7.37. The number of nitrogens with zero attached hydrogens (tertiary/aromatic N) is 4. The molecule has 0 aliphatic carbocycles. The van der Waals surface area contributed by atoms with E-state index in [1.54, 1.807) is 12.1 Å². The summed E-state index contributed by atoms with van der Waals surface area (Å²) in [5.41, 5.74) is 0.117. The number of nitrogens with one attached hydrogen (secondary N) is 2. The van der Waals surface area contributed by atoms with Gasteiger partial charge in [-0.15, -0.1) is 0 Å². The number of nitro benzene ring substituents is 2. The standard InChI is InChI=1S/C30H32N6O8S/c1-19(37)25-17-31-11-13-33(25)29(39)9-5-21-3-7-27(23(15-21)35(41)42)45-28-8-4-22(16-24(28)36(43)44)6-10-30(40)34-14-12-32-18-26(34)20(2)38/h3-10,15-16,25-26,31-32H,11-14,17-18H2,1-2H3/b9-5+,10-6+. The molecule has 2 heterocycles. The number of hydrogen-bond donors (Lipinski definition) is 2. The maximum Gasteiger partial charge on any atom is 0.283 e. The van der Waals surface area contributed by atoms with Crippen molar-refractivity contribution in [2.24, 2.45) is 0 Å². The van der Waals surface area contributed by atoms with Gasteiger partial charge >= 0.3 is 0 Å². The third-order valence-corrected chi connectivity index (χ3v) is 8.54. The molecule has 4 rings (SSSR count). The molecule has 2 aliphatic heterocycles. The minimum absolute atomic E-state index is 0.148. The Morgan fingerprint density at radius 2 is 1.16 bits per heavy atom. The molecule has 45 heavy (non-hydrogen) atoms. The highest BCUT2D eigenvalue weighted by molar-refractivity contribution is 7.99. The topological polar surface area (TPSA) is 185 Å². The molecule has 0 spiro atoms. The van der Waals surface area contributed by atoms with Crippen LogP contribution in [0.2, 0.25) is 0 Å². The highest BCUT2D eigenvalue weighted by Gasteiger charge is 2.30. The Bertz CT molecular complexity index is 1480. The quantitative estimate of drug-likeness (QED) is 0.222. The number of benzene rings is 2. The zero-order valence-corrected chi connectivity index (χ0v) is 25.5. The van der Waals surface area contributed by atoms with Crippen molar-refractivity contribution in [3.05, 3.63) is 79.9 Å². The highest BCUT2D eigenvalue weighted by atomic mass is 32.2. The van der Waals surface area contributed by atoms with Gasteiger partial charge in [-0.25, -0.2) is 0 Å². The fourth-order valence-electron chi connectivity index (χ4n) is 5.04. The van der Waals surface area contributed by atoms with Gasteiger partial charge < -0.3 is 20.4 Å². The van der Waals surface area contributed by atoms with Gasteiger partial charge in [0.05, 0.1) is 19.6 Å². The van der Waals surface area contributed by atoms with Crippen LogP contribution in [0.25, 0.3) is 12.2 Å². The number of rotatable bonds is 10. The molecular weight excluding hydrogens is 604 g/mol. The zero-order valence-electron chi connectivity index (χ0n) is 24.6. The summed E-state index contributed by atoms with van der Waals surface area (Å²) in [6.45, 7) is 5.32. The molecule has 2 amide bonds. The number of piperazine rings is 2. The number of nitro groups is 2. The van der Waals surface area contributed by atoms with Gasteiger partial charge in [0.1, 0.15) is 12.1 Å². The van der Waals surface area contributed by atoms with Crippen LogP contribution in [0.1, 0.15) is 25.0 Å². The molecule has 236 valence electrons. The Morgan fingerprint density at radius 3 is 1.51 bits per heavy atom. The van der Waals surface area contributed by atoms with Gasteiger partial charge in [0, 0.05) is 63.6 Å². The average Bonchev–Trinajstić information content (AvgIpc) is 3.03. The first kappa shape index (κ1) is 33.2. The molecular formula is C30H32N6O8S. The maximum absolute atomic E-state index is 12.8. The number of amides is 2. The van der Waals surface area contributed by atoms with Crippen LogP contribution in [-0.2, 0) is 19.2 Å². The average molecular weight is 637 g/mol. The van der Waals surface area contributed by atoms with Gasteiger partial charge in [-0.05, 0) is 49.3 Å². The van der Waals surface area contributed by atoms with Crippen molar-refractivity contribution in [2.75, 3.05) is 39.3 Å². The molecule has 2 saturated heterocycles. The molecule has 0 radical (unpaired) electrons. The predicted octanol–water partition coefficient (Wildman–Crippen LogP) is 2.46. The van der Waals surface area contributed by atoms with Gasteiger partial charge in [0.15, 0.2) is 11.6 Å². The van der Waals surface area contributed by atoms with Crippen molar-refractivity contribution >= 4 is 58.7 Å². The second kappa shape index (κ2) is 14.8. The number of Topliss-reactive ketones (excluding diaryl/α,β-unsaturated/α-hetero) is 2. The molecule has 2 N–H and O–H groups in total. The van der Waals surface area contributed by atoms with Gasteiger partial charge in [-0.1, -0.05) is 23.9 Å². The molecule has 14 nitrogen and oxygen atoms in total. The minimum Gasteiger partial charge on any atom is -0.327 e. The Kier molecular flexibility index (Phi) is 10.9. The van der Waals surface area contributed by atoms with Crippen molar-refractivity contribution in [3.63, 3.8) is 0 Å². The van der Waals surface area contributed by atoms with Crippen molar-refractivity contribution in [1.29, 1.82) is 0 Å². The van der Waals surface area contributed by atoms with E-state index in [1.165, 1.54) is 72.2 Å². The second-order valence-electron chi connectivity index (χ2n) is 10.5. The predicted molar refractivity (Wildman–Crippen MR) is 166 cm³/mol. The first-order valence-corrected chi connectivity index (χ1v) is 14.9. The summed E-state index contributed by atoms with van der Waals surface area (Å²) in [5.74, 6) is -1.08. The number of ketones is 2. The largest absolute Gasteiger partial charge is 0.327 e. The van der Waals surface area contributed by atoms with E-state index in [4.69, 9.17) is 0 Å². The van der Waals surface area contributed by atoms with Crippen LogP contribution in [0.3, 0.4) is 0 Å². The molecule has 2 atom stereocenters. The molecule has 0 aromatic heterocycles. The van der Waals surface area contributed by atoms with E-state index < -0.39 is 33.7 Å². The molecule has 2 aromatic rings. The van der Waals surface area contributed by atoms with Gasteiger partial charge in [-0.3, -0.25) is 39.4 Å². The molecule has 2 aromatic carbocycles. The zero-order chi connectivity index (χ0) is 32.7. The normalized spacial score (nSPS) is 18.7. The summed E-state index contributed by atoms with van der Waals surface area (Å²) >= 11 is 0.845. The lowest BCUT2D eigenvalue weighted by atomic mass is 10.1. The van der Waals surface area contributed by atoms with Crippen molar-refractivity contribution in [3.8, 4) is 0 Å². The van der Waals surface area contributed by atoms with Crippen LogP contribution >= 0.6 is 11.8 Å². The Labute approximate surface area is 262 Å². The lowest BCUT2D eigenvalue weighted by molar-refractivity contribution is -0.388. The number of carbonyl (C=O) groups is 4. The van der Waals surface area contributed by atoms with Crippen molar-refractivity contribution < 1.29 is 29.0 Å². The van der Waals surface area contributed by atoms with Crippen LogP contribution in [0.15, 0.2) is 58.3 Å². The van der Waals surface area contributed by atoms with Gasteiger partial charge in [-0.2, -0.15) is 0 Å². The van der Waals surface area contributed by atoms with E-state index in [2.05, 4.69) is 10.6 Å². The van der Waals surface area contributed by atoms with Gasteiger partial charge in [0.25, 0.3) is 11.4 Å². The molecule has 2 fully saturated rings. The summed E-state index contributed by atoms with van der Waals surface area (Å²) in [6.07, 6.45) is 5.37. The molecule has 0 bridgehead atoms. The Balaban J connectivity index is 1.52. The third kappa shape index (κ3) is 8.26. The van der Waals surface area contributed by atoms with Crippen LogP contribution < -0.4 is 10.6 Å². The summed E-state index contributed by atoms with van der Waals surface area (Å²) in [4.78, 5) is 75.2. The molecule has 15 heteroatoms. The van der Waals surface area contributed by atoms with Crippen LogP contribution in [0.4, 0.5) is 11.4 Å². The monoisotopic (exact) mass is 636 g/mol. The van der Waals surface area contributed by atoms with E-state index in [1.807, 2.05) is 0 Å². The fourth-order valence-corrected chi connectivity index (χ4v) is 6.03. The van der Waals surface area contributed by atoms with Gasteiger partial charge in [0.2, 0.25) is 11.8 Å². The summed E-state index contributed by atoms with van der Waals surface area (Å²) in [7, 11) is 0. The Hall–Kier alpha value is -4.73. The molecule has 2 unspecified atom stereocenters. The fraction of sp³-hybridized carbons (Fsp3) is 0.333. The number of carbonyl (C=O) groups excluding carboxylic acids is 4. The summed E-state index contributed by atoms with van der Waals surface area (Å²) < 4.78 is 0. The van der Waals surface area contributed by atoms with Crippen molar-refractivity contribution in [1.82, 2.24) is 20.4 Å². The van der Waals surface area contributed by atoms with Crippen LogP contribution in [0.5, 0.6) is 0 Å².